The van der Waals surface area contributed by atoms with Crippen LogP contribution in [0.5, 0.6) is 11.5 Å². The number of aliphatic hydroxyl groups excluding tert-OH is 2. The van der Waals surface area contributed by atoms with Crippen LogP contribution in [-0.2, 0) is 6.61 Å². The van der Waals surface area contributed by atoms with E-state index < -0.39 is 34.8 Å². The van der Waals surface area contributed by atoms with E-state index >= 15 is 4.39 Å². The normalized spacial score (nSPS) is 16.5. The maximum Gasteiger partial charge on any atom is 0.200 e. The van der Waals surface area contributed by atoms with Crippen LogP contribution in [0.15, 0.2) is 36.5 Å². The van der Waals surface area contributed by atoms with Gasteiger partial charge in [-0.2, -0.15) is 4.39 Å². The van der Waals surface area contributed by atoms with Crippen LogP contribution < -0.4 is 9.47 Å². The van der Waals surface area contributed by atoms with Crippen LogP contribution in [0.1, 0.15) is 43.0 Å². The van der Waals surface area contributed by atoms with Crippen LogP contribution in [0.4, 0.5) is 17.6 Å². The molecule has 3 aromatic rings. The third kappa shape index (κ3) is 6.19. The van der Waals surface area contributed by atoms with E-state index in [9.17, 15) is 23.4 Å². The van der Waals surface area contributed by atoms with Gasteiger partial charge in [0.05, 0.1) is 19.2 Å². The Morgan fingerprint density at radius 3 is 2.55 bits per heavy atom. The Balaban J connectivity index is 1.35. The van der Waals surface area contributed by atoms with E-state index in [1.165, 1.54) is 13.3 Å². The molecule has 0 amide bonds. The average molecular weight is 537 g/mol. The molecule has 2 N–H and O–H groups in total. The minimum atomic E-state index is -1.37. The minimum Gasteiger partial charge on any atom is -0.497 e. The number of hydrogen-bond donors (Lipinski definition) is 2. The zero-order valence-corrected chi connectivity index (χ0v) is 21.2. The number of aliphatic hydroxyl groups is 2. The predicted octanol–water partition coefficient (Wildman–Crippen LogP) is 5.10. The van der Waals surface area contributed by atoms with Crippen molar-refractivity contribution in [2.75, 3.05) is 40.0 Å². The van der Waals surface area contributed by atoms with Crippen molar-refractivity contribution in [1.29, 1.82) is 0 Å². The van der Waals surface area contributed by atoms with Gasteiger partial charge in [0.25, 0.3) is 0 Å². The molecule has 0 aliphatic carbocycles. The topological polar surface area (TPSA) is 75.0 Å². The molecule has 1 aliphatic rings. The first-order valence-corrected chi connectivity index (χ1v) is 12.6. The molecule has 1 atom stereocenters. The largest absolute Gasteiger partial charge is 0.497 e. The number of benzene rings is 2. The Kier molecular flexibility index (Phi) is 9.07. The molecule has 10 heteroatoms. The monoisotopic (exact) mass is 536 g/mol. The summed E-state index contributed by atoms with van der Waals surface area (Å²) < 4.78 is 66.7. The number of piperidine rings is 1. The lowest BCUT2D eigenvalue weighted by Crippen LogP contribution is -2.43. The van der Waals surface area contributed by atoms with E-state index in [0.717, 1.165) is 6.07 Å². The summed E-state index contributed by atoms with van der Waals surface area (Å²) in [6.07, 6.45) is 1.97. The molecule has 1 unspecified atom stereocenters. The van der Waals surface area contributed by atoms with Gasteiger partial charge in [-0.25, -0.2) is 13.2 Å². The molecule has 0 radical (unpaired) electrons. The fraction of sp³-hybridized carbons (Fsp3) is 0.464. The molecular weight excluding hydrogens is 504 g/mol. The lowest BCUT2D eigenvalue weighted by molar-refractivity contribution is 0.0263. The number of pyridine rings is 1. The second-order valence-electron chi connectivity index (χ2n) is 9.79. The van der Waals surface area contributed by atoms with Crippen LogP contribution in [0, 0.1) is 22.9 Å². The van der Waals surface area contributed by atoms with E-state index in [2.05, 4.69) is 9.88 Å². The van der Waals surface area contributed by atoms with Gasteiger partial charge in [0.15, 0.2) is 11.6 Å². The fourth-order valence-electron chi connectivity index (χ4n) is 5.09. The molecule has 1 saturated heterocycles. The third-order valence-corrected chi connectivity index (χ3v) is 7.49. The second kappa shape index (κ2) is 12.3. The first-order valence-electron chi connectivity index (χ1n) is 12.6. The summed E-state index contributed by atoms with van der Waals surface area (Å²) in [7, 11) is 1.53. The number of aromatic nitrogens is 1. The summed E-state index contributed by atoms with van der Waals surface area (Å²) in [6, 6.07) is 6.48. The number of alkyl halides is 1. The highest BCUT2D eigenvalue weighted by atomic mass is 19.2. The predicted molar refractivity (Wildman–Crippen MR) is 134 cm³/mol. The van der Waals surface area contributed by atoms with Crippen molar-refractivity contribution in [3.8, 4) is 11.5 Å². The van der Waals surface area contributed by atoms with E-state index in [-0.39, 0.29) is 26.2 Å². The summed E-state index contributed by atoms with van der Waals surface area (Å²) in [5.74, 6) is -3.35. The lowest BCUT2D eigenvalue weighted by Gasteiger charge is -2.41. The molecule has 1 aliphatic heterocycles. The SMILES string of the molecule is COc1ccc2ncc(CO)c(C(F)CCC3(CO)CCN(CCOc4cc(F)cc(F)c4F)CC3)c2c1. The Morgan fingerprint density at radius 1 is 1.11 bits per heavy atom. The lowest BCUT2D eigenvalue weighted by atomic mass is 9.74. The van der Waals surface area contributed by atoms with E-state index in [4.69, 9.17) is 9.47 Å². The zero-order valence-electron chi connectivity index (χ0n) is 21.2. The van der Waals surface area contributed by atoms with Crippen LogP contribution >= 0.6 is 0 Å². The van der Waals surface area contributed by atoms with Crippen LogP contribution in [-0.4, -0.2) is 60.1 Å². The number of hydrogen-bond acceptors (Lipinski definition) is 6. The van der Waals surface area contributed by atoms with E-state index in [1.54, 1.807) is 18.2 Å². The number of likely N-dealkylation sites (tertiary alicyclic amines) is 1. The Morgan fingerprint density at radius 2 is 1.87 bits per heavy atom. The highest BCUT2D eigenvalue weighted by Gasteiger charge is 2.35. The van der Waals surface area contributed by atoms with Crippen molar-refractivity contribution in [2.24, 2.45) is 5.41 Å². The fourth-order valence-corrected chi connectivity index (χ4v) is 5.09. The van der Waals surface area contributed by atoms with Gasteiger partial charge in [-0.1, -0.05) is 0 Å². The number of rotatable bonds is 11. The number of methoxy groups -OCH3 is 1. The van der Waals surface area contributed by atoms with Gasteiger partial charge in [-0.3, -0.25) is 9.88 Å². The van der Waals surface area contributed by atoms with E-state index in [0.29, 0.717) is 72.7 Å². The molecule has 0 saturated carbocycles. The quantitative estimate of drug-likeness (QED) is 0.263. The summed E-state index contributed by atoms with van der Waals surface area (Å²) in [5.41, 5.74) is 0.953. The molecule has 1 aromatic heterocycles. The molecule has 2 heterocycles. The number of halogens is 4. The summed E-state index contributed by atoms with van der Waals surface area (Å²) in [6.45, 7) is 1.24. The van der Waals surface area contributed by atoms with Crippen molar-refractivity contribution in [3.05, 3.63) is 65.1 Å². The van der Waals surface area contributed by atoms with Crippen molar-refractivity contribution >= 4 is 10.9 Å². The van der Waals surface area contributed by atoms with Gasteiger partial charge >= 0.3 is 0 Å². The van der Waals surface area contributed by atoms with Crippen LogP contribution in [0.25, 0.3) is 10.9 Å². The maximum absolute atomic E-state index is 15.7. The highest BCUT2D eigenvalue weighted by molar-refractivity contribution is 5.85. The molecular formula is C28H32F4N2O4. The second-order valence-corrected chi connectivity index (χ2v) is 9.79. The van der Waals surface area contributed by atoms with Gasteiger partial charge in [0.2, 0.25) is 5.82 Å². The molecule has 1 fully saturated rings. The zero-order chi connectivity index (χ0) is 27.3. The minimum absolute atomic E-state index is 0.0427. The molecule has 0 bridgehead atoms. The first-order chi connectivity index (χ1) is 18.3. The smallest absolute Gasteiger partial charge is 0.200 e. The van der Waals surface area contributed by atoms with Gasteiger partial charge in [-0.15, -0.1) is 0 Å². The third-order valence-electron chi connectivity index (χ3n) is 7.49. The summed E-state index contributed by atoms with van der Waals surface area (Å²) in [5, 5.41) is 20.6. The van der Waals surface area contributed by atoms with Crippen molar-refractivity contribution in [3.63, 3.8) is 0 Å². The number of ether oxygens (including phenoxy) is 2. The van der Waals surface area contributed by atoms with Crippen molar-refractivity contribution in [2.45, 2.75) is 38.5 Å². The van der Waals surface area contributed by atoms with E-state index in [1.807, 2.05) is 0 Å². The van der Waals surface area contributed by atoms with Crippen molar-refractivity contribution in [1.82, 2.24) is 9.88 Å². The molecule has 6 nitrogen and oxygen atoms in total. The Bertz CT molecular complexity index is 1250. The molecule has 38 heavy (non-hydrogen) atoms. The summed E-state index contributed by atoms with van der Waals surface area (Å²) in [4.78, 5) is 6.38. The molecule has 4 rings (SSSR count). The number of nitrogens with zero attached hydrogens (tertiary/aromatic N) is 2. The standard InChI is InChI=1S/C28H32F4N2O4/c1-37-20-2-3-24-21(14-20)26(18(16-35)15-33-24)22(30)4-5-28(17-36)6-8-34(9-7-28)10-11-38-25-13-19(29)12-23(31)27(25)32/h2-3,12-15,22,35-36H,4-11,16-17H2,1H3. The molecule has 0 spiro atoms. The first kappa shape index (κ1) is 28.1. The van der Waals surface area contributed by atoms with Gasteiger partial charge in [-0.05, 0) is 62.4 Å². The van der Waals surface area contributed by atoms with Crippen LogP contribution in [0.3, 0.4) is 0 Å². The molecule has 2 aromatic carbocycles. The highest BCUT2D eigenvalue weighted by Crippen LogP contribution is 2.41. The average Bonchev–Trinajstić information content (AvgIpc) is 2.94. The maximum atomic E-state index is 15.7. The summed E-state index contributed by atoms with van der Waals surface area (Å²) >= 11 is 0. The van der Waals surface area contributed by atoms with Gasteiger partial charge in [0.1, 0.15) is 24.3 Å². The Hall–Kier alpha value is -2.95. The van der Waals surface area contributed by atoms with Crippen LogP contribution in [0.2, 0.25) is 0 Å². The van der Waals surface area contributed by atoms with Gasteiger partial charge in [0, 0.05) is 48.0 Å². The van der Waals surface area contributed by atoms with Crippen molar-refractivity contribution < 1.29 is 37.2 Å². The van der Waals surface area contributed by atoms with Gasteiger partial charge < -0.3 is 19.7 Å². The molecule has 206 valence electrons. The number of fused-ring (bicyclic) bond motifs is 1. The Labute approximate surface area is 218 Å².